The Bertz CT molecular complexity index is 695. The van der Waals surface area contributed by atoms with Crippen LogP contribution in [0.3, 0.4) is 0 Å². The molecule has 22 heavy (non-hydrogen) atoms. The van der Waals surface area contributed by atoms with E-state index in [1.54, 1.807) is 11.1 Å². The fourth-order valence-electron chi connectivity index (χ4n) is 2.59. The molecule has 0 radical (unpaired) electrons. The second-order valence-electron chi connectivity index (χ2n) is 5.82. The maximum absolute atomic E-state index is 12.4. The van der Waals surface area contributed by atoms with Gasteiger partial charge in [-0.2, -0.15) is 5.10 Å². The molecule has 2 aromatic rings. The summed E-state index contributed by atoms with van der Waals surface area (Å²) in [5.74, 6) is 0. The molecule has 2 heterocycles. The molecule has 2 amide bonds. The molecule has 1 aromatic carbocycles. The molecule has 0 spiro atoms. The van der Waals surface area contributed by atoms with Crippen molar-refractivity contribution in [2.75, 3.05) is 11.9 Å². The van der Waals surface area contributed by atoms with Gasteiger partial charge in [-0.1, -0.05) is 17.7 Å². The molecule has 5 nitrogen and oxygen atoms in total. The lowest BCUT2D eigenvalue weighted by Crippen LogP contribution is -2.38. The Morgan fingerprint density at radius 1 is 1.36 bits per heavy atom. The first-order valence-electron chi connectivity index (χ1n) is 7.40. The highest BCUT2D eigenvalue weighted by Crippen LogP contribution is 2.23. The summed E-state index contributed by atoms with van der Waals surface area (Å²) in [7, 11) is 0. The van der Waals surface area contributed by atoms with Crippen LogP contribution in [0.25, 0.3) is 0 Å². The molecule has 3 rings (SSSR count). The number of nitrogens with zero attached hydrogens (tertiary/aromatic N) is 3. The van der Waals surface area contributed by atoms with E-state index in [4.69, 9.17) is 11.6 Å². The van der Waals surface area contributed by atoms with Gasteiger partial charge in [0, 0.05) is 30.4 Å². The predicted molar refractivity (Wildman–Crippen MR) is 87.2 cm³/mol. The van der Waals surface area contributed by atoms with E-state index >= 15 is 0 Å². The van der Waals surface area contributed by atoms with Crippen molar-refractivity contribution in [3.05, 3.63) is 46.7 Å². The zero-order valence-corrected chi connectivity index (χ0v) is 13.5. The first-order chi connectivity index (χ1) is 10.5. The third kappa shape index (κ3) is 3.09. The Labute approximate surface area is 134 Å². The van der Waals surface area contributed by atoms with E-state index in [1.165, 1.54) is 5.56 Å². The van der Waals surface area contributed by atoms with Crippen molar-refractivity contribution in [2.24, 2.45) is 0 Å². The molecule has 1 N–H and O–H groups in total. The number of rotatable bonds is 2. The molecule has 1 aromatic heterocycles. The third-order valence-electron chi connectivity index (χ3n) is 3.85. The van der Waals surface area contributed by atoms with Crippen molar-refractivity contribution in [3.63, 3.8) is 0 Å². The minimum atomic E-state index is -0.103. The van der Waals surface area contributed by atoms with Gasteiger partial charge < -0.3 is 10.2 Å². The molecule has 0 atom stereocenters. The van der Waals surface area contributed by atoms with Gasteiger partial charge in [0.15, 0.2) is 0 Å². The van der Waals surface area contributed by atoms with E-state index in [0.717, 1.165) is 17.7 Å². The molecule has 116 valence electrons. The highest BCUT2D eigenvalue weighted by Gasteiger charge is 2.21. The third-order valence-corrected chi connectivity index (χ3v) is 4.08. The number of fused-ring (bicyclic) bond motifs is 1. The van der Waals surface area contributed by atoms with Crippen LogP contribution in [0.4, 0.5) is 10.5 Å². The molecule has 0 bridgehead atoms. The lowest BCUT2D eigenvalue weighted by Gasteiger charge is -2.28. The normalized spacial score (nSPS) is 14.1. The molecule has 0 unspecified atom stereocenters. The van der Waals surface area contributed by atoms with Crippen LogP contribution in [0.15, 0.2) is 30.6 Å². The molecule has 0 fully saturated rings. The largest absolute Gasteiger partial charge is 0.322 e. The minimum absolute atomic E-state index is 0.103. The summed E-state index contributed by atoms with van der Waals surface area (Å²) < 4.78 is 1.82. The number of benzene rings is 1. The van der Waals surface area contributed by atoms with Gasteiger partial charge in [0.05, 0.1) is 11.9 Å². The zero-order chi connectivity index (χ0) is 15.7. The Kier molecular flexibility index (Phi) is 4.07. The average molecular weight is 319 g/mol. The molecule has 0 aliphatic carbocycles. The van der Waals surface area contributed by atoms with Crippen molar-refractivity contribution < 1.29 is 4.79 Å². The van der Waals surface area contributed by atoms with E-state index in [1.807, 2.05) is 42.9 Å². The summed E-state index contributed by atoms with van der Waals surface area (Å²) in [6.07, 6.45) is 4.37. The highest BCUT2D eigenvalue weighted by atomic mass is 35.5. The zero-order valence-electron chi connectivity index (χ0n) is 12.7. The summed E-state index contributed by atoms with van der Waals surface area (Å²) in [4.78, 5) is 14.2. The molecule has 6 heteroatoms. The summed E-state index contributed by atoms with van der Waals surface area (Å²) in [6.45, 7) is 5.38. The number of carbonyl (C=O) groups is 1. The maximum Gasteiger partial charge on any atom is 0.322 e. The quantitative estimate of drug-likeness (QED) is 0.917. The van der Waals surface area contributed by atoms with E-state index in [9.17, 15) is 4.79 Å². The highest BCUT2D eigenvalue weighted by molar-refractivity contribution is 6.30. The summed E-state index contributed by atoms with van der Waals surface area (Å²) in [6, 6.07) is 6.05. The Morgan fingerprint density at radius 3 is 2.91 bits per heavy atom. The fourth-order valence-corrected chi connectivity index (χ4v) is 2.78. The van der Waals surface area contributed by atoms with Crippen LogP contribution in [0.5, 0.6) is 0 Å². The molecule has 0 saturated carbocycles. The summed E-state index contributed by atoms with van der Waals surface area (Å²) in [5, 5.41) is 7.84. The minimum Gasteiger partial charge on any atom is -0.320 e. The maximum atomic E-state index is 12.4. The standard InChI is InChI=1S/C16H19ClN4O/c1-11(2)21-10-15(8-18-21)19-16(22)20-6-5-12-3-4-14(17)7-13(12)9-20/h3-4,7-8,10-11H,5-6,9H2,1-2H3,(H,19,22). The second-order valence-corrected chi connectivity index (χ2v) is 6.25. The van der Waals surface area contributed by atoms with Gasteiger partial charge in [-0.25, -0.2) is 4.79 Å². The van der Waals surface area contributed by atoms with Gasteiger partial charge in [0.25, 0.3) is 0 Å². The summed E-state index contributed by atoms with van der Waals surface area (Å²) >= 11 is 6.04. The number of aromatic nitrogens is 2. The van der Waals surface area contributed by atoms with Crippen LogP contribution in [-0.2, 0) is 13.0 Å². The number of carbonyl (C=O) groups excluding carboxylic acids is 1. The van der Waals surface area contributed by atoms with Crippen molar-refractivity contribution in [1.29, 1.82) is 0 Å². The SMILES string of the molecule is CC(C)n1cc(NC(=O)N2CCc3ccc(Cl)cc3C2)cn1. The lowest BCUT2D eigenvalue weighted by molar-refractivity contribution is 0.206. The Balaban J connectivity index is 1.68. The van der Waals surface area contributed by atoms with Crippen LogP contribution < -0.4 is 5.32 Å². The van der Waals surface area contributed by atoms with Crippen molar-refractivity contribution >= 4 is 23.3 Å². The van der Waals surface area contributed by atoms with Crippen molar-refractivity contribution in [2.45, 2.75) is 32.9 Å². The second kappa shape index (κ2) is 6.01. The van der Waals surface area contributed by atoms with Crippen LogP contribution in [-0.4, -0.2) is 27.3 Å². The number of halogens is 1. The topological polar surface area (TPSA) is 50.2 Å². The Hall–Kier alpha value is -2.01. The number of anilines is 1. The van der Waals surface area contributed by atoms with Crippen LogP contribution in [0.1, 0.15) is 31.0 Å². The number of nitrogens with one attached hydrogen (secondary N) is 1. The van der Waals surface area contributed by atoms with E-state index in [0.29, 0.717) is 18.1 Å². The Morgan fingerprint density at radius 2 is 2.18 bits per heavy atom. The lowest BCUT2D eigenvalue weighted by atomic mass is 10.0. The number of urea groups is 1. The van der Waals surface area contributed by atoms with Gasteiger partial charge in [0.1, 0.15) is 0 Å². The number of hydrogen-bond acceptors (Lipinski definition) is 2. The summed E-state index contributed by atoms with van der Waals surface area (Å²) in [5.41, 5.74) is 3.10. The number of hydrogen-bond donors (Lipinski definition) is 1. The van der Waals surface area contributed by atoms with Gasteiger partial charge in [-0.05, 0) is 43.5 Å². The monoisotopic (exact) mass is 318 g/mol. The molecule has 0 saturated heterocycles. The van der Waals surface area contributed by atoms with E-state index in [-0.39, 0.29) is 12.1 Å². The van der Waals surface area contributed by atoms with E-state index in [2.05, 4.69) is 10.4 Å². The average Bonchev–Trinajstić information content (AvgIpc) is 2.95. The van der Waals surface area contributed by atoms with Crippen molar-refractivity contribution in [1.82, 2.24) is 14.7 Å². The molecule has 1 aliphatic rings. The molecule has 1 aliphatic heterocycles. The van der Waals surface area contributed by atoms with Crippen LogP contribution in [0, 0.1) is 0 Å². The number of amides is 2. The molecular formula is C16H19ClN4O. The van der Waals surface area contributed by atoms with Gasteiger partial charge in [-0.3, -0.25) is 4.68 Å². The predicted octanol–water partition coefficient (Wildman–Crippen LogP) is 3.71. The first kappa shape index (κ1) is 14.9. The smallest absolute Gasteiger partial charge is 0.320 e. The van der Waals surface area contributed by atoms with Crippen LogP contribution in [0.2, 0.25) is 5.02 Å². The van der Waals surface area contributed by atoms with E-state index < -0.39 is 0 Å². The van der Waals surface area contributed by atoms with Crippen molar-refractivity contribution in [3.8, 4) is 0 Å². The first-order valence-corrected chi connectivity index (χ1v) is 7.78. The van der Waals surface area contributed by atoms with Gasteiger partial charge in [-0.15, -0.1) is 0 Å². The fraction of sp³-hybridized carbons (Fsp3) is 0.375. The van der Waals surface area contributed by atoms with Crippen LogP contribution >= 0.6 is 11.6 Å². The van der Waals surface area contributed by atoms with Gasteiger partial charge in [0.2, 0.25) is 0 Å². The molecular weight excluding hydrogens is 300 g/mol. The van der Waals surface area contributed by atoms with Gasteiger partial charge >= 0.3 is 6.03 Å².